The molecule has 0 bridgehead atoms. The van der Waals surface area contributed by atoms with Crippen molar-refractivity contribution in [2.24, 2.45) is 0 Å². The van der Waals surface area contributed by atoms with E-state index in [4.69, 9.17) is 11.6 Å². The monoisotopic (exact) mass is 371 g/mol. The normalized spacial score (nSPS) is 12.3. The van der Waals surface area contributed by atoms with Crippen molar-refractivity contribution >= 4 is 27.3 Å². The highest BCUT2D eigenvalue weighted by atomic mass is 35.5. The maximum absolute atomic E-state index is 13.5. The molecule has 2 aromatic rings. The summed E-state index contributed by atoms with van der Waals surface area (Å²) < 4.78 is 90.8. The zero-order valence-electron chi connectivity index (χ0n) is 11.0. The Morgan fingerprint density at radius 3 is 2.22 bits per heavy atom. The molecule has 0 saturated heterocycles. The predicted molar refractivity (Wildman–Crippen MR) is 73.6 cm³/mol. The van der Waals surface area contributed by atoms with Crippen LogP contribution in [0.15, 0.2) is 41.3 Å². The average Bonchev–Trinajstić information content (AvgIpc) is 2.39. The van der Waals surface area contributed by atoms with Crippen LogP contribution in [0.1, 0.15) is 5.56 Å². The first-order chi connectivity index (χ1) is 10.5. The number of halogens is 6. The Labute approximate surface area is 132 Å². The molecular weight excluding hydrogens is 365 g/mol. The van der Waals surface area contributed by atoms with Crippen LogP contribution in [0.3, 0.4) is 0 Å². The Bertz CT molecular complexity index is 852. The van der Waals surface area contributed by atoms with Gasteiger partial charge < -0.3 is 0 Å². The molecule has 0 saturated carbocycles. The van der Waals surface area contributed by atoms with Crippen molar-refractivity contribution in [1.82, 2.24) is 0 Å². The Morgan fingerprint density at radius 1 is 1.00 bits per heavy atom. The summed E-state index contributed by atoms with van der Waals surface area (Å²) in [6.45, 7) is 0. The van der Waals surface area contributed by atoms with Gasteiger partial charge in [-0.2, -0.15) is 13.2 Å². The number of benzene rings is 2. The van der Waals surface area contributed by atoms with Crippen molar-refractivity contribution in [3.63, 3.8) is 0 Å². The first-order valence-corrected chi connectivity index (χ1v) is 7.71. The summed E-state index contributed by atoms with van der Waals surface area (Å²) in [7, 11) is -4.69. The number of alkyl halides is 3. The van der Waals surface area contributed by atoms with Gasteiger partial charge in [0.25, 0.3) is 10.0 Å². The largest absolute Gasteiger partial charge is 0.418 e. The van der Waals surface area contributed by atoms with E-state index >= 15 is 0 Å². The molecule has 124 valence electrons. The fourth-order valence-corrected chi connectivity index (χ4v) is 3.05. The minimum atomic E-state index is -4.88. The van der Waals surface area contributed by atoms with E-state index in [1.165, 1.54) is 0 Å². The maximum atomic E-state index is 13.5. The van der Waals surface area contributed by atoms with Gasteiger partial charge in [0.15, 0.2) is 0 Å². The summed E-state index contributed by atoms with van der Waals surface area (Å²) in [6.07, 6.45) is -4.88. The van der Waals surface area contributed by atoms with Crippen LogP contribution in [-0.4, -0.2) is 8.42 Å². The van der Waals surface area contributed by atoms with E-state index in [0.717, 1.165) is 12.1 Å². The molecule has 0 aliphatic heterocycles. The van der Waals surface area contributed by atoms with Crippen LogP contribution in [0.5, 0.6) is 0 Å². The minimum absolute atomic E-state index is 0.256. The highest BCUT2D eigenvalue weighted by Gasteiger charge is 2.35. The molecule has 2 rings (SSSR count). The van der Waals surface area contributed by atoms with Crippen molar-refractivity contribution in [3.05, 3.63) is 58.6 Å². The molecule has 0 aliphatic rings. The number of nitrogens with one attached hydrogen (secondary N) is 1. The first kappa shape index (κ1) is 17.5. The Balaban J connectivity index is 2.50. The fourth-order valence-electron chi connectivity index (χ4n) is 1.73. The predicted octanol–water partition coefficient (Wildman–Crippen LogP) is 4.44. The van der Waals surface area contributed by atoms with Crippen molar-refractivity contribution < 1.29 is 30.4 Å². The molecule has 2 aromatic carbocycles. The first-order valence-electron chi connectivity index (χ1n) is 5.85. The third-order valence-corrected chi connectivity index (χ3v) is 4.35. The van der Waals surface area contributed by atoms with Gasteiger partial charge in [-0.3, -0.25) is 4.72 Å². The summed E-state index contributed by atoms with van der Waals surface area (Å²) >= 11 is 5.47. The van der Waals surface area contributed by atoms with Crippen molar-refractivity contribution in [1.29, 1.82) is 0 Å². The summed E-state index contributed by atoms with van der Waals surface area (Å²) in [5, 5.41) is -0.256. The molecule has 23 heavy (non-hydrogen) atoms. The third kappa shape index (κ3) is 3.91. The van der Waals surface area contributed by atoms with Gasteiger partial charge in [-0.15, -0.1) is 0 Å². The van der Waals surface area contributed by atoms with Crippen LogP contribution in [0.4, 0.5) is 27.6 Å². The number of rotatable bonds is 3. The van der Waals surface area contributed by atoms with Gasteiger partial charge in [0, 0.05) is 11.1 Å². The lowest BCUT2D eigenvalue weighted by atomic mass is 10.2. The lowest BCUT2D eigenvalue weighted by Crippen LogP contribution is -2.18. The number of hydrogen-bond acceptors (Lipinski definition) is 2. The van der Waals surface area contributed by atoms with Crippen molar-refractivity contribution in [2.45, 2.75) is 11.1 Å². The average molecular weight is 372 g/mol. The zero-order chi connectivity index (χ0) is 17.4. The molecule has 0 heterocycles. The maximum Gasteiger partial charge on any atom is 0.418 e. The molecule has 10 heteroatoms. The van der Waals surface area contributed by atoms with Gasteiger partial charge in [-0.05, 0) is 30.3 Å². The smallest absolute Gasteiger partial charge is 0.279 e. The molecular formula is C13H7ClF5NO2S. The van der Waals surface area contributed by atoms with Gasteiger partial charge in [0.2, 0.25) is 0 Å². The van der Waals surface area contributed by atoms with E-state index < -0.39 is 44.0 Å². The third-order valence-electron chi connectivity index (χ3n) is 2.71. The van der Waals surface area contributed by atoms with E-state index in [2.05, 4.69) is 0 Å². The molecule has 3 nitrogen and oxygen atoms in total. The van der Waals surface area contributed by atoms with E-state index in [-0.39, 0.29) is 5.02 Å². The second-order valence-electron chi connectivity index (χ2n) is 4.37. The highest BCUT2D eigenvalue weighted by Crippen LogP contribution is 2.37. The Kier molecular flexibility index (Phi) is 4.54. The van der Waals surface area contributed by atoms with Gasteiger partial charge in [-0.1, -0.05) is 11.6 Å². The Morgan fingerprint density at radius 2 is 1.65 bits per heavy atom. The second kappa shape index (κ2) is 5.97. The SMILES string of the molecule is O=S(=O)(Nc1ccc(Cl)cc1C(F)(F)F)c1ccc(F)cc1F. The molecule has 0 aliphatic carbocycles. The fraction of sp³-hybridized carbons (Fsp3) is 0.0769. The van der Waals surface area contributed by atoms with Gasteiger partial charge in [-0.25, -0.2) is 17.2 Å². The van der Waals surface area contributed by atoms with Crippen LogP contribution in [-0.2, 0) is 16.2 Å². The van der Waals surface area contributed by atoms with Gasteiger partial charge in [0.1, 0.15) is 16.5 Å². The quantitative estimate of drug-likeness (QED) is 0.811. The minimum Gasteiger partial charge on any atom is -0.279 e. The molecule has 0 radical (unpaired) electrons. The molecule has 0 amide bonds. The van der Waals surface area contributed by atoms with Gasteiger partial charge >= 0.3 is 6.18 Å². The highest BCUT2D eigenvalue weighted by molar-refractivity contribution is 7.92. The molecule has 0 fully saturated rings. The van der Waals surface area contributed by atoms with Crippen molar-refractivity contribution in [3.8, 4) is 0 Å². The van der Waals surface area contributed by atoms with Crippen LogP contribution in [0.2, 0.25) is 5.02 Å². The molecule has 0 aromatic heterocycles. The lowest BCUT2D eigenvalue weighted by Gasteiger charge is -2.15. The molecule has 0 unspecified atom stereocenters. The Hall–Kier alpha value is -1.87. The number of anilines is 1. The summed E-state index contributed by atoms with van der Waals surface area (Å²) in [5.41, 5.74) is -2.17. The van der Waals surface area contributed by atoms with E-state index in [1.807, 2.05) is 0 Å². The zero-order valence-corrected chi connectivity index (χ0v) is 12.5. The summed E-state index contributed by atoms with van der Waals surface area (Å²) in [5.74, 6) is -2.45. The lowest BCUT2D eigenvalue weighted by molar-refractivity contribution is -0.136. The summed E-state index contributed by atoms with van der Waals surface area (Å²) in [4.78, 5) is -0.984. The van der Waals surface area contributed by atoms with Crippen LogP contribution in [0.25, 0.3) is 0 Å². The second-order valence-corrected chi connectivity index (χ2v) is 6.46. The molecule has 0 spiro atoms. The molecule has 1 N–H and O–H groups in total. The van der Waals surface area contributed by atoms with E-state index in [0.29, 0.717) is 24.3 Å². The molecule has 0 atom stereocenters. The van der Waals surface area contributed by atoms with E-state index in [9.17, 15) is 30.4 Å². The summed E-state index contributed by atoms with van der Waals surface area (Å²) in [6, 6.07) is 3.95. The van der Waals surface area contributed by atoms with Crippen LogP contribution < -0.4 is 4.72 Å². The van der Waals surface area contributed by atoms with E-state index in [1.54, 1.807) is 4.72 Å². The van der Waals surface area contributed by atoms with Crippen molar-refractivity contribution in [2.75, 3.05) is 4.72 Å². The van der Waals surface area contributed by atoms with Gasteiger partial charge in [0.05, 0.1) is 11.3 Å². The number of hydrogen-bond donors (Lipinski definition) is 1. The topological polar surface area (TPSA) is 46.2 Å². The number of sulfonamides is 1. The standard InChI is InChI=1S/C13H7ClF5NO2S/c14-7-1-3-11(9(5-7)13(17,18)19)20-23(21,22)12-4-2-8(15)6-10(12)16/h1-6,20H. The van der Waals surface area contributed by atoms with Crippen LogP contribution in [0, 0.1) is 11.6 Å². The van der Waals surface area contributed by atoms with Crippen LogP contribution >= 0.6 is 11.6 Å².